The van der Waals surface area contributed by atoms with Crippen molar-refractivity contribution in [1.82, 2.24) is 14.8 Å². The van der Waals surface area contributed by atoms with Crippen LogP contribution >= 0.6 is 0 Å². The number of hydrogen-bond donors (Lipinski definition) is 2. The molecule has 158 valence electrons. The number of aliphatic hydroxyl groups is 1. The average Bonchev–Trinajstić information content (AvgIpc) is 2.96. The molecule has 2 unspecified atom stereocenters. The summed E-state index contributed by atoms with van der Waals surface area (Å²) in [6.45, 7) is 3.73. The van der Waals surface area contributed by atoms with Gasteiger partial charge in [-0.2, -0.15) is 18.3 Å². The van der Waals surface area contributed by atoms with Crippen LogP contribution in [-0.4, -0.2) is 32.1 Å². The summed E-state index contributed by atoms with van der Waals surface area (Å²) in [4.78, 5) is 3.70. The number of nitrogens with two attached hydrogens (primary N) is 1. The molecular weight excluding hydrogens is 388 g/mol. The predicted octanol–water partition coefficient (Wildman–Crippen LogP) is 4.34. The maximum Gasteiger partial charge on any atom is 0.419 e. The fourth-order valence-electron chi connectivity index (χ4n) is 4.83. The van der Waals surface area contributed by atoms with Gasteiger partial charge in [0, 0.05) is 42.4 Å². The zero-order valence-electron chi connectivity index (χ0n) is 16.2. The first-order valence-electron chi connectivity index (χ1n) is 9.76. The van der Waals surface area contributed by atoms with Gasteiger partial charge in [0.05, 0.1) is 11.3 Å². The average molecular weight is 412 g/mol. The SMILES string of the molecule is CC(C)n1nc(-c2cnc(N)c(C(F)(F)F)c2)cc1C1[C@H]2CC(F)(CCO)C[C@@H]12. The second-order valence-electron chi connectivity index (χ2n) is 8.53. The van der Waals surface area contributed by atoms with Crippen molar-refractivity contribution in [2.45, 2.75) is 56.9 Å². The van der Waals surface area contributed by atoms with E-state index in [1.165, 1.54) is 6.20 Å². The highest BCUT2D eigenvalue weighted by atomic mass is 19.4. The highest BCUT2D eigenvalue weighted by molar-refractivity contribution is 5.63. The molecule has 4 atom stereocenters. The van der Waals surface area contributed by atoms with E-state index in [1.807, 2.05) is 18.5 Å². The third-order valence-electron chi connectivity index (χ3n) is 6.21. The lowest BCUT2D eigenvalue weighted by Gasteiger charge is -2.22. The number of aliphatic hydroxyl groups excluding tert-OH is 1. The first-order chi connectivity index (χ1) is 13.5. The van der Waals surface area contributed by atoms with E-state index in [-0.39, 0.29) is 42.4 Å². The molecule has 0 saturated heterocycles. The van der Waals surface area contributed by atoms with E-state index >= 15 is 0 Å². The fourth-order valence-corrected chi connectivity index (χ4v) is 4.83. The van der Waals surface area contributed by atoms with Gasteiger partial charge in [-0.1, -0.05) is 0 Å². The Balaban J connectivity index is 1.65. The smallest absolute Gasteiger partial charge is 0.396 e. The molecule has 0 bridgehead atoms. The maximum atomic E-state index is 14.7. The van der Waals surface area contributed by atoms with Crippen LogP contribution in [0.4, 0.5) is 23.4 Å². The van der Waals surface area contributed by atoms with Crippen molar-refractivity contribution < 1.29 is 22.7 Å². The molecule has 2 fully saturated rings. The zero-order chi connectivity index (χ0) is 21.1. The Kier molecular flexibility index (Phi) is 4.64. The first kappa shape index (κ1) is 20.1. The van der Waals surface area contributed by atoms with E-state index in [4.69, 9.17) is 10.8 Å². The van der Waals surface area contributed by atoms with Gasteiger partial charge in [-0.05, 0) is 50.7 Å². The Morgan fingerprint density at radius 2 is 1.93 bits per heavy atom. The number of halogens is 4. The summed E-state index contributed by atoms with van der Waals surface area (Å²) < 4.78 is 56.1. The monoisotopic (exact) mass is 412 g/mol. The lowest BCUT2D eigenvalue weighted by molar-refractivity contribution is -0.137. The van der Waals surface area contributed by atoms with Crippen LogP contribution in [-0.2, 0) is 6.18 Å². The summed E-state index contributed by atoms with van der Waals surface area (Å²) in [5.41, 5.74) is 4.67. The largest absolute Gasteiger partial charge is 0.419 e. The number of nitrogens with zero attached hydrogens (tertiary/aromatic N) is 3. The molecule has 0 amide bonds. The summed E-state index contributed by atoms with van der Waals surface area (Å²) in [7, 11) is 0. The van der Waals surface area contributed by atoms with E-state index in [1.54, 1.807) is 6.07 Å². The molecule has 2 aromatic rings. The van der Waals surface area contributed by atoms with Crippen LogP contribution in [0.1, 0.15) is 56.3 Å². The quantitative estimate of drug-likeness (QED) is 0.717. The summed E-state index contributed by atoms with van der Waals surface area (Å²) in [5.74, 6) is -0.0533. The van der Waals surface area contributed by atoms with Crippen molar-refractivity contribution in [3.63, 3.8) is 0 Å². The van der Waals surface area contributed by atoms with Crippen LogP contribution < -0.4 is 5.73 Å². The summed E-state index contributed by atoms with van der Waals surface area (Å²) in [6.07, 6.45) is -2.34. The van der Waals surface area contributed by atoms with Crippen LogP contribution in [0.5, 0.6) is 0 Å². The Bertz CT molecular complexity index is 912. The molecule has 2 saturated carbocycles. The second-order valence-corrected chi connectivity index (χ2v) is 8.53. The van der Waals surface area contributed by atoms with Gasteiger partial charge in [0.25, 0.3) is 0 Å². The van der Waals surface area contributed by atoms with E-state index in [0.29, 0.717) is 18.5 Å². The van der Waals surface area contributed by atoms with Crippen molar-refractivity contribution in [1.29, 1.82) is 0 Å². The van der Waals surface area contributed by atoms with Gasteiger partial charge in [0.1, 0.15) is 11.5 Å². The molecule has 2 heterocycles. The van der Waals surface area contributed by atoms with Crippen molar-refractivity contribution in [2.24, 2.45) is 11.8 Å². The molecule has 9 heteroatoms. The Hall–Kier alpha value is -2.16. The third-order valence-corrected chi connectivity index (χ3v) is 6.21. The molecule has 5 nitrogen and oxygen atoms in total. The lowest BCUT2D eigenvalue weighted by Crippen LogP contribution is -2.23. The van der Waals surface area contributed by atoms with Gasteiger partial charge >= 0.3 is 6.18 Å². The van der Waals surface area contributed by atoms with Crippen LogP contribution in [0, 0.1) is 11.8 Å². The number of alkyl halides is 4. The van der Waals surface area contributed by atoms with Gasteiger partial charge in [0.2, 0.25) is 0 Å². The number of nitrogen functional groups attached to an aromatic ring is 1. The Morgan fingerprint density at radius 3 is 2.48 bits per heavy atom. The number of anilines is 1. The minimum atomic E-state index is -4.60. The Morgan fingerprint density at radius 1 is 1.28 bits per heavy atom. The molecule has 0 aromatic carbocycles. The summed E-state index contributed by atoms with van der Waals surface area (Å²) in [6, 6.07) is 2.78. The van der Waals surface area contributed by atoms with E-state index in [2.05, 4.69) is 10.1 Å². The normalized spacial score (nSPS) is 28.8. The molecule has 3 N–H and O–H groups in total. The highest BCUT2D eigenvalue weighted by Gasteiger charge is 2.63. The summed E-state index contributed by atoms with van der Waals surface area (Å²) >= 11 is 0. The van der Waals surface area contributed by atoms with Crippen molar-refractivity contribution in [2.75, 3.05) is 12.3 Å². The minimum absolute atomic E-state index is 0.0106. The number of hydrogen-bond acceptors (Lipinski definition) is 4. The molecule has 2 aliphatic carbocycles. The molecule has 2 aromatic heterocycles. The van der Waals surface area contributed by atoms with Crippen molar-refractivity contribution >= 4 is 5.82 Å². The van der Waals surface area contributed by atoms with E-state index in [0.717, 1.165) is 11.8 Å². The van der Waals surface area contributed by atoms with Gasteiger partial charge in [-0.3, -0.25) is 4.68 Å². The van der Waals surface area contributed by atoms with Crippen molar-refractivity contribution in [3.8, 4) is 11.3 Å². The number of rotatable bonds is 5. The van der Waals surface area contributed by atoms with Gasteiger partial charge in [-0.25, -0.2) is 9.37 Å². The van der Waals surface area contributed by atoms with Gasteiger partial charge < -0.3 is 10.8 Å². The Labute approximate surface area is 165 Å². The molecule has 2 aliphatic rings. The standard InChI is InChI=1S/C20H24F4N4O/c1-10(2)28-16(17-12-7-19(21,3-4-29)8-13(12)17)6-15(27-28)11-5-14(20(22,23)24)18(25)26-9-11/h5-6,9-10,12-13,17,29H,3-4,7-8H2,1-2H3,(H2,25,26)/t12-,13+,17?,19?. The molecule has 0 radical (unpaired) electrons. The van der Waals surface area contributed by atoms with Gasteiger partial charge in [0.15, 0.2) is 0 Å². The van der Waals surface area contributed by atoms with Crippen LogP contribution in [0.15, 0.2) is 18.3 Å². The number of fused-ring (bicyclic) bond motifs is 1. The van der Waals surface area contributed by atoms with Crippen LogP contribution in [0.25, 0.3) is 11.3 Å². The number of aromatic nitrogens is 3. The second kappa shape index (κ2) is 6.68. The topological polar surface area (TPSA) is 77.0 Å². The fraction of sp³-hybridized carbons (Fsp3) is 0.600. The van der Waals surface area contributed by atoms with E-state index in [9.17, 15) is 17.6 Å². The number of pyridine rings is 1. The maximum absolute atomic E-state index is 14.7. The zero-order valence-corrected chi connectivity index (χ0v) is 16.2. The van der Waals surface area contributed by atoms with Crippen molar-refractivity contribution in [3.05, 3.63) is 29.6 Å². The third kappa shape index (κ3) is 3.49. The minimum Gasteiger partial charge on any atom is -0.396 e. The highest BCUT2D eigenvalue weighted by Crippen LogP contribution is 2.67. The molecule has 0 aliphatic heterocycles. The van der Waals surface area contributed by atoms with Crippen LogP contribution in [0.2, 0.25) is 0 Å². The summed E-state index contributed by atoms with van der Waals surface area (Å²) in [5, 5.41) is 13.6. The predicted molar refractivity (Wildman–Crippen MR) is 99.8 cm³/mol. The molecular formula is C20H24F4N4O. The van der Waals surface area contributed by atoms with E-state index < -0.39 is 23.2 Å². The molecule has 0 spiro atoms. The first-order valence-corrected chi connectivity index (χ1v) is 9.76. The molecule has 4 rings (SSSR count). The van der Waals surface area contributed by atoms with Gasteiger partial charge in [-0.15, -0.1) is 0 Å². The molecule has 29 heavy (non-hydrogen) atoms. The lowest BCUT2D eigenvalue weighted by atomic mass is 9.92. The van der Waals surface area contributed by atoms with Crippen LogP contribution in [0.3, 0.4) is 0 Å².